The molecule has 0 fully saturated rings. The van der Waals surface area contributed by atoms with Crippen LogP contribution in [-0.2, 0) is 7.05 Å². The number of pyridine rings is 1. The quantitative estimate of drug-likeness (QED) is 0.107. The van der Waals surface area contributed by atoms with Gasteiger partial charge in [0.2, 0.25) is 0 Å². The average Bonchev–Trinajstić information content (AvgIpc) is 3.99. The molecule has 13 aromatic rings. The van der Waals surface area contributed by atoms with Crippen molar-refractivity contribution in [2.75, 3.05) is 4.90 Å². The van der Waals surface area contributed by atoms with Crippen molar-refractivity contribution >= 4 is 108 Å². The summed E-state index contributed by atoms with van der Waals surface area (Å²) in [5, 5.41) is 12.9. The molecule has 14 rings (SSSR count). The van der Waals surface area contributed by atoms with Gasteiger partial charge in [-0.15, -0.1) is 0 Å². The summed E-state index contributed by atoms with van der Waals surface area (Å²) in [7, 11) is -4.03. The van der Waals surface area contributed by atoms with Crippen LogP contribution in [0.3, 0.4) is 0 Å². The van der Waals surface area contributed by atoms with Gasteiger partial charge in [-0.05, 0) is 102 Å². The van der Waals surface area contributed by atoms with Gasteiger partial charge in [0.25, 0.3) is 0 Å². The zero-order valence-electron chi connectivity index (χ0n) is 40.8. The number of fused-ring (bicyclic) bond motifs is 6. The summed E-state index contributed by atoms with van der Waals surface area (Å²) in [6.45, 7) is 0. The van der Waals surface area contributed by atoms with Gasteiger partial charge in [0.1, 0.15) is 11.6 Å². The lowest BCUT2D eigenvalue weighted by atomic mass is 10.1. The second-order valence-electron chi connectivity index (χ2n) is 19.4. The number of para-hydroxylation sites is 4. The van der Waals surface area contributed by atoms with E-state index in [9.17, 15) is 0 Å². The molecule has 0 spiro atoms. The highest BCUT2D eigenvalue weighted by molar-refractivity contribution is 7.21. The first-order chi connectivity index (χ1) is 36.6. The smallest absolute Gasteiger partial charge is 0.184 e. The molecule has 1 aliphatic heterocycles. The molecule has 1 aliphatic rings. The van der Waals surface area contributed by atoms with Crippen LogP contribution in [0.25, 0.3) is 50.0 Å². The fourth-order valence-corrected chi connectivity index (χ4v) is 22.3. The number of hydrogen-bond donors (Lipinski definition) is 0. The van der Waals surface area contributed by atoms with Crippen molar-refractivity contribution in [2.24, 2.45) is 7.05 Å². The maximum Gasteiger partial charge on any atom is 0.184 e. The van der Waals surface area contributed by atoms with E-state index in [1.807, 2.05) is 12.3 Å². The van der Waals surface area contributed by atoms with Gasteiger partial charge in [0.15, 0.2) is 16.1 Å². The number of imidazole rings is 1. The molecule has 0 amide bonds. The van der Waals surface area contributed by atoms with E-state index in [1.165, 1.54) is 63.6 Å². The Morgan fingerprint density at radius 1 is 0.405 bits per heavy atom. The molecule has 0 bridgehead atoms. The van der Waals surface area contributed by atoms with Gasteiger partial charge >= 0.3 is 0 Å². The summed E-state index contributed by atoms with van der Waals surface area (Å²) in [5.74, 6) is 1.83. The largest absolute Gasteiger partial charge is 0.327 e. The molecular formula is C67H49N5Si2. The standard InChI is InChI=1S/C67H49N5Si2/c1-70-59-37-18-17-36-58(59)69-67(70)48-24-23-35-54(44-48)73(50-27-9-3-10-28-50,51-29-11-4-12-30-51)55-41-42-56-57-46-63-65(47-62(57)72(61(56)45-55)66-40-21-22-43-68-66)74(52-31-13-5-14-32-52,53-33-15-6-16-34-53)64-39-20-19-38-60(64)71(63)49-25-7-2-8-26-49/h2-47H,1H3. The number of nitrogens with zero attached hydrogens (tertiary/aromatic N) is 5. The third-order valence-electron chi connectivity index (χ3n) is 15.6. The molecule has 0 radical (unpaired) electrons. The zero-order chi connectivity index (χ0) is 49.2. The second-order valence-corrected chi connectivity index (χ2v) is 26.9. The Labute approximate surface area is 432 Å². The summed E-state index contributed by atoms with van der Waals surface area (Å²) < 4.78 is 4.67. The normalized spacial score (nSPS) is 13.0. The molecule has 10 aromatic carbocycles. The minimum atomic E-state index is -3.12. The van der Waals surface area contributed by atoms with Crippen LogP contribution in [0.1, 0.15) is 0 Å². The minimum Gasteiger partial charge on any atom is -0.327 e. The van der Waals surface area contributed by atoms with E-state index in [0.29, 0.717) is 0 Å². The van der Waals surface area contributed by atoms with Crippen molar-refractivity contribution in [3.63, 3.8) is 0 Å². The second kappa shape index (κ2) is 17.6. The first-order valence-electron chi connectivity index (χ1n) is 25.4. The monoisotopic (exact) mass is 979 g/mol. The molecule has 74 heavy (non-hydrogen) atoms. The predicted octanol–water partition coefficient (Wildman–Crippen LogP) is 10.3. The van der Waals surface area contributed by atoms with E-state index in [4.69, 9.17) is 9.97 Å². The number of aryl methyl sites for hydroxylation is 1. The number of benzene rings is 10. The maximum atomic E-state index is 5.22. The lowest BCUT2D eigenvalue weighted by Crippen LogP contribution is -2.77. The highest BCUT2D eigenvalue weighted by Gasteiger charge is 2.49. The third-order valence-corrected chi connectivity index (χ3v) is 25.2. The molecule has 0 saturated carbocycles. The molecule has 0 N–H and O–H groups in total. The van der Waals surface area contributed by atoms with Crippen LogP contribution in [0, 0.1) is 0 Å². The number of rotatable bonds is 9. The Morgan fingerprint density at radius 3 is 1.66 bits per heavy atom. The first-order valence-corrected chi connectivity index (χ1v) is 29.4. The fraction of sp³-hybridized carbons (Fsp3) is 0.0149. The molecule has 5 nitrogen and oxygen atoms in total. The summed E-state index contributed by atoms with van der Waals surface area (Å²) in [4.78, 5) is 12.9. The highest BCUT2D eigenvalue weighted by atomic mass is 28.3. The van der Waals surface area contributed by atoms with E-state index in [2.05, 4.69) is 288 Å². The topological polar surface area (TPSA) is 38.9 Å². The molecule has 0 aliphatic carbocycles. The van der Waals surface area contributed by atoms with E-state index in [0.717, 1.165) is 45.0 Å². The molecule has 0 saturated heterocycles. The van der Waals surface area contributed by atoms with Crippen LogP contribution in [0.15, 0.2) is 279 Å². The van der Waals surface area contributed by atoms with Crippen molar-refractivity contribution in [1.29, 1.82) is 0 Å². The predicted molar refractivity (Wildman–Crippen MR) is 314 cm³/mol. The first kappa shape index (κ1) is 43.6. The van der Waals surface area contributed by atoms with Crippen molar-refractivity contribution in [1.82, 2.24) is 19.1 Å². The van der Waals surface area contributed by atoms with E-state index in [1.54, 1.807) is 0 Å². The molecule has 350 valence electrons. The molecule has 0 atom stereocenters. The molecule has 7 heteroatoms. The Bertz CT molecular complexity index is 4120. The molecular weight excluding hydrogens is 931 g/mol. The van der Waals surface area contributed by atoms with Gasteiger partial charge in [0, 0.05) is 46.6 Å². The minimum absolute atomic E-state index is 0.878. The van der Waals surface area contributed by atoms with Gasteiger partial charge in [0.05, 0.1) is 22.1 Å². The molecule has 4 heterocycles. The van der Waals surface area contributed by atoms with Gasteiger partial charge in [-0.3, -0.25) is 4.57 Å². The molecule has 0 unspecified atom stereocenters. The lowest BCUT2D eigenvalue weighted by Gasteiger charge is -2.45. The number of anilines is 3. The Morgan fingerprint density at radius 2 is 0.986 bits per heavy atom. The van der Waals surface area contributed by atoms with Crippen LogP contribution in [-0.4, -0.2) is 35.2 Å². The van der Waals surface area contributed by atoms with Crippen molar-refractivity contribution in [3.8, 4) is 17.2 Å². The van der Waals surface area contributed by atoms with Crippen molar-refractivity contribution < 1.29 is 0 Å². The summed E-state index contributed by atoms with van der Waals surface area (Å²) >= 11 is 0. The van der Waals surface area contributed by atoms with Crippen LogP contribution in [0.4, 0.5) is 17.1 Å². The molecule has 3 aromatic heterocycles. The third kappa shape index (κ3) is 6.53. The van der Waals surface area contributed by atoms with Crippen LogP contribution in [0.2, 0.25) is 0 Å². The van der Waals surface area contributed by atoms with Gasteiger partial charge in [-0.1, -0.05) is 212 Å². The SMILES string of the molecule is Cn1c(-c2cccc([Si](c3ccccc3)(c3ccccc3)c3ccc4c5cc6c(cc5n(-c5ccccn5)c4c3)[Si](c3ccccc3)(c3ccccc3)c3ccccc3N6c3ccccc3)c2)nc2ccccc21. The van der Waals surface area contributed by atoms with Gasteiger partial charge < -0.3 is 9.47 Å². The van der Waals surface area contributed by atoms with Crippen molar-refractivity contribution in [3.05, 3.63) is 279 Å². The highest BCUT2D eigenvalue weighted by Crippen LogP contribution is 2.42. The number of hydrogen-bond acceptors (Lipinski definition) is 3. The Balaban J connectivity index is 1.11. The number of aromatic nitrogens is 4. The lowest BCUT2D eigenvalue weighted by molar-refractivity contribution is 0.959. The Kier molecular flexibility index (Phi) is 10.4. The van der Waals surface area contributed by atoms with E-state index >= 15 is 0 Å². The zero-order valence-corrected chi connectivity index (χ0v) is 42.8. The fourth-order valence-electron chi connectivity index (χ4n) is 12.5. The van der Waals surface area contributed by atoms with E-state index in [-0.39, 0.29) is 0 Å². The van der Waals surface area contributed by atoms with Crippen LogP contribution in [0.5, 0.6) is 0 Å². The van der Waals surface area contributed by atoms with Gasteiger partial charge in [-0.25, -0.2) is 9.97 Å². The van der Waals surface area contributed by atoms with Crippen LogP contribution < -0.4 is 46.4 Å². The van der Waals surface area contributed by atoms with Crippen molar-refractivity contribution in [2.45, 2.75) is 0 Å². The van der Waals surface area contributed by atoms with Gasteiger partial charge in [-0.2, -0.15) is 0 Å². The van der Waals surface area contributed by atoms with E-state index < -0.39 is 16.1 Å². The summed E-state index contributed by atoms with van der Waals surface area (Å²) in [6.07, 6.45) is 1.93. The maximum absolute atomic E-state index is 5.22. The Hall–Kier alpha value is -9.15. The summed E-state index contributed by atoms with van der Waals surface area (Å²) in [6, 6.07) is 102. The summed E-state index contributed by atoms with van der Waals surface area (Å²) in [5.41, 5.74) is 8.97. The average molecular weight is 980 g/mol. The van der Waals surface area contributed by atoms with Crippen LogP contribution >= 0.6 is 0 Å².